The lowest BCUT2D eigenvalue weighted by Crippen LogP contribution is -2.33. The average molecular weight is 282 g/mol. The minimum absolute atomic E-state index is 0.291. The summed E-state index contributed by atoms with van der Waals surface area (Å²) in [6.45, 7) is 0. The van der Waals surface area contributed by atoms with E-state index in [1.54, 1.807) is 24.3 Å². The molecule has 2 aliphatic rings. The van der Waals surface area contributed by atoms with E-state index in [-0.39, 0.29) is 5.97 Å². The van der Waals surface area contributed by atoms with Crippen LogP contribution in [0.1, 0.15) is 23.2 Å². The van der Waals surface area contributed by atoms with Crippen LogP contribution in [0.2, 0.25) is 0 Å². The molecule has 1 heterocycles. The molecular formula is C14H18O6. The Kier molecular flexibility index (Phi) is 4.39. The largest absolute Gasteiger partial charge is 0.465 e. The van der Waals surface area contributed by atoms with E-state index in [1.807, 2.05) is 6.07 Å². The Morgan fingerprint density at radius 1 is 1.25 bits per heavy atom. The summed E-state index contributed by atoms with van der Waals surface area (Å²) >= 11 is 0. The van der Waals surface area contributed by atoms with Crippen LogP contribution in [-0.4, -0.2) is 52.5 Å². The Labute approximate surface area is 116 Å². The van der Waals surface area contributed by atoms with E-state index >= 15 is 0 Å². The van der Waals surface area contributed by atoms with Gasteiger partial charge in [0, 0.05) is 0 Å². The second-order valence-corrected chi connectivity index (χ2v) is 4.87. The molecule has 3 atom stereocenters. The van der Waals surface area contributed by atoms with Gasteiger partial charge in [-0.25, -0.2) is 4.79 Å². The van der Waals surface area contributed by atoms with Crippen molar-refractivity contribution in [2.45, 2.75) is 36.9 Å². The predicted molar refractivity (Wildman–Crippen MR) is 68.9 cm³/mol. The zero-order valence-electron chi connectivity index (χ0n) is 11.1. The molecule has 1 aliphatic carbocycles. The maximum absolute atomic E-state index is 10.8. The van der Waals surface area contributed by atoms with Gasteiger partial charge in [-0.3, -0.25) is 0 Å². The molecule has 1 spiro atoms. The average Bonchev–Trinajstić information content (AvgIpc) is 3.23. The molecule has 0 aromatic heterocycles. The Morgan fingerprint density at radius 2 is 1.85 bits per heavy atom. The molecule has 1 saturated carbocycles. The first-order valence-corrected chi connectivity index (χ1v) is 6.35. The Bertz CT molecular complexity index is 456. The summed E-state index contributed by atoms with van der Waals surface area (Å²) in [4.78, 5) is 10.8. The number of carbonyl (C=O) groups excluding carboxylic acids is 1. The summed E-state index contributed by atoms with van der Waals surface area (Å²) < 4.78 is 9.44. The molecule has 6 nitrogen and oxygen atoms in total. The molecule has 20 heavy (non-hydrogen) atoms. The number of carbonyl (C=O) groups is 1. The van der Waals surface area contributed by atoms with Crippen LogP contribution in [0.4, 0.5) is 0 Å². The monoisotopic (exact) mass is 282 g/mol. The molecule has 0 amide bonds. The van der Waals surface area contributed by atoms with E-state index in [0.29, 0.717) is 5.56 Å². The second kappa shape index (κ2) is 5.88. The quantitative estimate of drug-likeness (QED) is 0.630. The van der Waals surface area contributed by atoms with Crippen molar-refractivity contribution in [3.63, 3.8) is 0 Å². The zero-order chi connectivity index (χ0) is 14.8. The number of ether oxygens (including phenoxy) is 2. The van der Waals surface area contributed by atoms with Crippen LogP contribution in [0.15, 0.2) is 30.3 Å². The van der Waals surface area contributed by atoms with Gasteiger partial charge in [0.05, 0.1) is 12.7 Å². The van der Waals surface area contributed by atoms with Crippen molar-refractivity contribution < 1.29 is 29.6 Å². The first kappa shape index (κ1) is 14.9. The second-order valence-electron chi connectivity index (χ2n) is 4.87. The van der Waals surface area contributed by atoms with E-state index in [2.05, 4.69) is 4.74 Å². The van der Waals surface area contributed by atoms with E-state index in [9.17, 15) is 9.90 Å². The molecule has 110 valence electrons. The number of aliphatic hydroxyl groups excluding tert-OH is 3. The van der Waals surface area contributed by atoms with Gasteiger partial charge in [0.15, 0.2) is 6.29 Å². The molecule has 0 bridgehead atoms. The minimum Gasteiger partial charge on any atom is -0.465 e. The fraction of sp³-hybridized carbons (Fsp3) is 0.500. The number of benzene rings is 1. The van der Waals surface area contributed by atoms with Crippen LogP contribution in [0, 0.1) is 0 Å². The maximum atomic E-state index is 10.8. The Balaban J connectivity index is 0.000000147. The molecular weight excluding hydrogens is 264 g/mol. The van der Waals surface area contributed by atoms with E-state index < -0.39 is 24.1 Å². The van der Waals surface area contributed by atoms with Crippen LogP contribution in [0.5, 0.6) is 0 Å². The van der Waals surface area contributed by atoms with Gasteiger partial charge in [-0.2, -0.15) is 0 Å². The van der Waals surface area contributed by atoms with Gasteiger partial charge < -0.3 is 24.8 Å². The minimum atomic E-state index is -1.20. The van der Waals surface area contributed by atoms with Gasteiger partial charge >= 0.3 is 5.97 Å². The molecule has 2 fully saturated rings. The lowest BCUT2D eigenvalue weighted by molar-refractivity contribution is -0.133. The fourth-order valence-corrected chi connectivity index (χ4v) is 2.08. The van der Waals surface area contributed by atoms with Crippen molar-refractivity contribution >= 4 is 5.97 Å². The smallest absolute Gasteiger partial charge is 0.337 e. The van der Waals surface area contributed by atoms with Crippen molar-refractivity contribution in [2.75, 3.05) is 7.11 Å². The molecule has 3 unspecified atom stereocenters. The van der Waals surface area contributed by atoms with Crippen LogP contribution in [0.25, 0.3) is 0 Å². The number of methoxy groups -OCH3 is 1. The van der Waals surface area contributed by atoms with Crippen LogP contribution < -0.4 is 0 Å². The van der Waals surface area contributed by atoms with Gasteiger partial charge in [0.2, 0.25) is 0 Å². The van der Waals surface area contributed by atoms with Gasteiger partial charge in [-0.1, -0.05) is 18.2 Å². The lowest BCUT2D eigenvalue weighted by Gasteiger charge is -2.10. The van der Waals surface area contributed by atoms with E-state index in [1.165, 1.54) is 7.11 Å². The molecule has 0 radical (unpaired) electrons. The van der Waals surface area contributed by atoms with Crippen molar-refractivity contribution in [1.82, 2.24) is 0 Å². The Hall–Kier alpha value is -1.47. The SMILES string of the molecule is COC(=O)c1ccccc1.OC1OC2(CC2)C(O)C1O. The molecule has 6 heteroatoms. The fourth-order valence-electron chi connectivity index (χ4n) is 2.08. The number of rotatable bonds is 1. The van der Waals surface area contributed by atoms with E-state index in [4.69, 9.17) is 14.9 Å². The third-order valence-corrected chi connectivity index (χ3v) is 3.45. The van der Waals surface area contributed by atoms with Crippen LogP contribution in [0.3, 0.4) is 0 Å². The van der Waals surface area contributed by atoms with Gasteiger partial charge in [-0.15, -0.1) is 0 Å². The van der Waals surface area contributed by atoms with Crippen LogP contribution in [-0.2, 0) is 9.47 Å². The normalized spacial score (nSPS) is 29.5. The molecule has 1 aromatic rings. The van der Waals surface area contributed by atoms with Crippen LogP contribution >= 0.6 is 0 Å². The summed E-state index contributed by atoms with van der Waals surface area (Å²) in [6.07, 6.45) is -1.74. The van der Waals surface area contributed by atoms with Crippen molar-refractivity contribution in [3.05, 3.63) is 35.9 Å². The predicted octanol–water partition coefficient (Wildman–Crippen LogP) is 0.0626. The number of aliphatic hydroxyl groups is 3. The van der Waals surface area contributed by atoms with Gasteiger partial charge in [0.25, 0.3) is 0 Å². The van der Waals surface area contributed by atoms with Gasteiger partial charge in [0.1, 0.15) is 17.8 Å². The standard InChI is InChI=1S/C8H8O2.C6H10O4/c1-10-8(9)7-5-3-2-4-6-7;7-3-4(8)6(1-2-6)10-5(3)9/h2-6H,1H3;3-5,7-9H,1-2H2. The van der Waals surface area contributed by atoms with Gasteiger partial charge in [-0.05, 0) is 25.0 Å². The zero-order valence-corrected chi connectivity index (χ0v) is 11.1. The number of hydrogen-bond acceptors (Lipinski definition) is 6. The Morgan fingerprint density at radius 3 is 2.20 bits per heavy atom. The van der Waals surface area contributed by atoms with Crippen molar-refractivity contribution in [2.24, 2.45) is 0 Å². The molecule has 1 aliphatic heterocycles. The summed E-state index contributed by atoms with van der Waals surface area (Å²) in [7, 11) is 1.37. The number of esters is 1. The molecule has 1 aromatic carbocycles. The summed E-state index contributed by atoms with van der Waals surface area (Å²) in [5.41, 5.74) is -0.0104. The lowest BCUT2D eigenvalue weighted by atomic mass is 10.1. The number of hydrogen-bond donors (Lipinski definition) is 3. The van der Waals surface area contributed by atoms with Crippen molar-refractivity contribution in [1.29, 1.82) is 0 Å². The molecule has 1 saturated heterocycles. The third kappa shape index (κ3) is 2.99. The first-order valence-electron chi connectivity index (χ1n) is 6.35. The summed E-state index contributed by atoms with van der Waals surface area (Å²) in [5, 5.41) is 27.2. The highest BCUT2D eigenvalue weighted by Gasteiger charge is 2.61. The van der Waals surface area contributed by atoms with E-state index in [0.717, 1.165) is 12.8 Å². The highest BCUT2D eigenvalue weighted by atomic mass is 16.7. The first-order chi connectivity index (χ1) is 9.50. The van der Waals surface area contributed by atoms with Crippen molar-refractivity contribution in [3.8, 4) is 0 Å². The highest BCUT2D eigenvalue weighted by molar-refractivity contribution is 5.89. The summed E-state index contributed by atoms with van der Waals surface area (Å²) in [5.74, 6) is -0.291. The highest BCUT2D eigenvalue weighted by Crippen LogP contribution is 2.49. The molecule has 3 N–H and O–H groups in total. The maximum Gasteiger partial charge on any atom is 0.337 e. The summed E-state index contributed by atoms with van der Waals surface area (Å²) in [6, 6.07) is 8.88. The topological polar surface area (TPSA) is 96.2 Å². The third-order valence-electron chi connectivity index (χ3n) is 3.45. The molecule has 3 rings (SSSR count).